The molecule has 37 heavy (non-hydrogen) atoms. The van der Waals surface area contributed by atoms with E-state index in [0.29, 0.717) is 34.7 Å². The van der Waals surface area contributed by atoms with E-state index in [1.165, 1.54) is 11.9 Å². The number of amides is 1. The van der Waals surface area contributed by atoms with E-state index in [2.05, 4.69) is 14.3 Å². The van der Waals surface area contributed by atoms with Gasteiger partial charge < -0.3 is 19.0 Å². The molecule has 2 N–H and O–H groups in total. The van der Waals surface area contributed by atoms with Crippen molar-refractivity contribution in [2.75, 3.05) is 39.5 Å². The molecule has 2 aromatic carbocycles. The maximum Gasteiger partial charge on any atom is 0.414 e. The van der Waals surface area contributed by atoms with Gasteiger partial charge in [-0.15, -0.1) is 0 Å². The number of carbonyl (C=O) groups is 1. The van der Waals surface area contributed by atoms with Crippen molar-refractivity contribution in [2.45, 2.75) is 33.7 Å². The Balaban J connectivity index is 2.16. The van der Waals surface area contributed by atoms with Crippen molar-refractivity contribution in [3.05, 3.63) is 68.6 Å². The molecule has 0 unspecified atom stereocenters. The highest BCUT2D eigenvalue weighted by atomic mass is 32.2. The summed E-state index contributed by atoms with van der Waals surface area (Å²) >= 11 is 0. The zero-order valence-electron chi connectivity index (χ0n) is 22.3. The van der Waals surface area contributed by atoms with Crippen molar-refractivity contribution in [1.29, 1.82) is 0 Å². The minimum absolute atomic E-state index is 0.253. The minimum Gasteiger partial charge on any atom is -0.422 e. The highest BCUT2D eigenvalue weighted by molar-refractivity contribution is 7.90. The van der Waals surface area contributed by atoms with Crippen molar-refractivity contribution in [1.82, 2.24) is 14.5 Å². The Hall–Kier alpha value is -3.41. The Morgan fingerprint density at radius 3 is 2.43 bits per heavy atom. The molecule has 10 nitrogen and oxygen atoms in total. The normalized spacial score (nSPS) is 11.7. The Kier molecular flexibility index (Phi) is 8.62. The van der Waals surface area contributed by atoms with Crippen molar-refractivity contribution in [3.8, 4) is 5.75 Å². The van der Waals surface area contributed by atoms with E-state index in [9.17, 15) is 18.0 Å². The lowest BCUT2D eigenvalue weighted by atomic mass is 9.94. The predicted octanol–water partition coefficient (Wildman–Crippen LogP) is 3.39. The molecule has 11 heteroatoms. The van der Waals surface area contributed by atoms with Gasteiger partial charge in [0.15, 0.2) is 0 Å². The standard InChI is InChI=1S/C26H34N4O6S/c1-8-30(7)15-21-19-12-16(2)23(36-26(32)29(5)6)14-24(19)35-25(31)20(21)13-18-10-9-11-22(17(18)3)28-37(33,34)27-4/h9-12,14,27-28H,8,13,15H2,1-7H3. The molecule has 0 radical (unpaired) electrons. The second-order valence-electron chi connectivity index (χ2n) is 9.13. The molecule has 0 bridgehead atoms. The number of hydrogen-bond acceptors (Lipinski definition) is 7. The number of nitrogens with zero attached hydrogens (tertiary/aromatic N) is 2. The molecule has 1 aromatic heterocycles. The van der Waals surface area contributed by atoms with E-state index in [1.54, 1.807) is 39.2 Å². The first-order chi connectivity index (χ1) is 17.4. The topological polar surface area (TPSA) is 121 Å². The lowest BCUT2D eigenvalue weighted by molar-refractivity contribution is 0.171. The predicted molar refractivity (Wildman–Crippen MR) is 145 cm³/mol. The lowest BCUT2D eigenvalue weighted by Crippen LogP contribution is -2.27. The Bertz CT molecular complexity index is 1480. The van der Waals surface area contributed by atoms with Crippen molar-refractivity contribution in [2.24, 2.45) is 0 Å². The van der Waals surface area contributed by atoms with Crippen molar-refractivity contribution in [3.63, 3.8) is 0 Å². The van der Waals surface area contributed by atoms with Crippen LogP contribution >= 0.6 is 0 Å². The number of anilines is 1. The van der Waals surface area contributed by atoms with Crippen molar-refractivity contribution >= 4 is 33.0 Å². The van der Waals surface area contributed by atoms with Crippen LogP contribution in [0.25, 0.3) is 11.0 Å². The van der Waals surface area contributed by atoms with Gasteiger partial charge in [0.2, 0.25) is 0 Å². The van der Waals surface area contributed by atoms with Gasteiger partial charge in [-0.2, -0.15) is 8.42 Å². The number of carbonyl (C=O) groups excluding carboxylic acids is 1. The maximum absolute atomic E-state index is 13.3. The molecule has 1 amide bonds. The summed E-state index contributed by atoms with van der Waals surface area (Å²) in [7, 11) is 2.77. The molecule has 0 aliphatic heterocycles. The SMILES string of the molecule is CCN(C)Cc1c(Cc2cccc(NS(=O)(=O)NC)c2C)c(=O)oc2cc(OC(=O)N(C)C)c(C)cc12. The van der Waals surface area contributed by atoms with Gasteiger partial charge in [-0.1, -0.05) is 19.1 Å². The first-order valence-corrected chi connectivity index (χ1v) is 13.3. The number of benzene rings is 2. The van der Waals surface area contributed by atoms with E-state index < -0.39 is 21.9 Å². The summed E-state index contributed by atoms with van der Waals surface area (Å²) in [5.41, 5.74) is 3.77. The molecule has 3 aromatic rings. The summed E-state index contributed by atoms with van der Waals surface area (Å²) in [6.07, 6.45) is -0.278. The largest absolute Gasteiger partial charge is 0.422 e. The monoisotopic (exact) mass is 530 g/mol. The Morgan fingerprint density at radius 1 is 1.11 bits per heavy atom. The zero-order valence-corrected chi connectivity index (χ0v) is 23.1. The molecule has 0 aliphatic rings. The van der Waals surface area contributed by atoms with Gasteiger partial charge >= 0.3 is 11.7 Å². The third-order valence-corrected chi connectivity index (χ3v) is 7.30. The fourth-order valence-electron chi connectivity index (χ4n) is 3.85. The molecular formula is C26H34N4O6S. The average Bonchev–Trinajstić information content (AvgIpc) is 2.84. The van der Waals surface area contributed by atoms with Crippen LogP contribution in [0.5, 0.6) is 5.75 Å². The van der Waals surface area contributed by atoms with Crippen molar-refractivity contribution < 1.29 is 22.4 Å². The minimum atomic E-state index is -3.70. The van der Waals surface area contributed by atoms with E-state index in [1.807, 2.05) is 33.0 Å². The summed E-state index contributed by atoms with van der Waals surface area (Å²) < 4.78 is 40.0. The third-order valence-electron chi connectivity index (χ3n) is 6.27. The maximum atomic E-state index is 13.3. The van der Waals surface area contributed by atoms with Crippen LogP contribution in [0.2, 0.25) is 0 Å². The summed E-state index contributed by atoms with van der Waals surface area (Å²) in [6.45, 7) is 6.92. The molecule has 200 valence electrons. The van der Waals surface area contributed by atoms with Gasteiger partial charge in [0.25, 0.3) is 10.2 Å². The van der Waals surface area contributed by atoms with E-state index in [4.69, 9.17) is 9.15 Å². The molecule has 0 aliphatic carbocycles. The molecule has 0 saturated carbocycles. The molecule has 3 rings (SSSR count). The molecular weight excluding hydrogens is 496 g/mol. The van der Waals surface area contributed by atoms with Crippen LogP contribution < -0.4 is 19.8 Å². The van der Waals surface area contributed by atoms with E-state index in [0.717, 1.165) is 28.6 Å². The summed E-state index contributed by atoms with van der Waals surface area (Å²) in [5.74, 6) is 0.317. The van der Waals surface area contributed by atoms with E-state index in [-0.39, 0.29) is 6.42 Å². The quantitative estimate of drug-likeness (QED) is 0.407. The van der Waals surface area contributed by atoms with Crippen LogP contribution in [0.4, 0.5) is 10.5 Å². The zero-order chi connectivity index (χ0) is 27.5. The Morgan fingerprint density at radius 2 is 1.81 bits per heavy atom. The number of hydrogen-bond donors (Lipinski definition) is 2. The first-order valence-electron chi connectivity index (χ1n) is 11.8. The lowest BCUT2D eigenvalue weighted by Gasteiger charge is -2.20. The van der Waals surface area contributed by atoms with Crippen LogP contribution in [0.15, 0.2) is 39.5 Å². The molecule has 0 spiro atoms. The number of nitrogens with one attached hydrogen (secondary N) is 2. The highest BCUT2D eigenvalue weighted by Gasteiger charge is 2.21. The van der Waals surface area contributed by atoms with Crippen LogP contribution in [0, 0.1) is 13.8 Å². The fourth-order valence-corrected chi connectivity index (χ4v) is 4.46. The third kappa shape index (κ3) is 6.48. The van der Waals surface area contributed by atoms with Crippen LogP contribution in [0.3, 0.4) is 0 Å². The summed E-state index contributed by atoms with van der Waals surface area (Å²) in [4.78, 5) is 28.8. The molecule has 1 heterocycles. The summed E-state index contributed by atoms with van der Waals surface area (Å²) in [6, 6.07) is 8.71. The van der Waals surface area contributed by atoms with Gasteiger partial charge in [0, 0.05) is 51.1 Å². The molecule has 0 atom stereocenters. The van der Waals surface area contributed by atoms with Gasteiger partial charge in [-0.3, -0.25) is 4.72 Å². The molecule has 0 fully saturated rings. The fraction of sp³-hybridized carbons (Fsp3) is 0.385. The van der Waals surface area contributed by atoms with Crippen LogP contribution in [0.1, 0.15) is 34.7 Å². The van der Waals surface area contributed by atoms with Crippen LogP contribution in [-0.2, 0) is 23.2 Å². The highest BCUT2D eigenvalue weighted by Crippen LogP contribution is 2.31. The smallest absolute Gasteiger partial charge is 0.414 e. The summed E-state index contributed by atoms with van der Waals surface area (Å²) in [5, 5.41) is 0.752. The second-order valence-corrected chi connectivity index (χ2v) is 10.7. The van der Waals surface area contributed by atoms with E-state index >= 15 is 0 Å². The van der Waals surface area contributed by atoms with Crippen LogP contribution in [-0.4, -0.2) is 59.0 Å². The van der Waals surface area contributed by atoms with Gasteiger partial charge in [-0.25, -0.2) is 14.3 Å². The number of aryl methyl sites for hydroxylation is 1. The molecule has 0 saturated heterocycles. The number of ether oxygens (including phenoxy) is 1. The Labute approximate surface area is 217 Å². The number of fused-ring (bicyclic) bond motifs is 1. The first kappa shape index (κ1) is 28.2. The second kappa shape index (κ2) is 11.3. The number of rotatable bonds is 9. The van der Waals surface area contributed by atoms with Gasteiger partial charge in [-0.05, 0) is 61.8 Å². The van der Waals surface area contributed by atoms with Gasteiger partial charge in [0.1, 0.15) is 11.3 Å². The van der Waals surface area contributed by atoms with Gasteiger partial charge in [0.05, 0.1) is 5.69 Å². The average molecular weight is 531 g/mol.